The van der Waals surface area contributed by atoms with Crippen molar-refractivity contribution in [3.8, 4) is 0 Å². The Balaban J connectivity index is 2.25. The van der Waals surface area contributed by atoms with E-state index in [9.17, 15) is 4.79 Å². The molecule has 1 saturated heterocycles. The number of nitrogens with one attached hydrogen (secondary N) is 1. The van der Waals surface area contributed by atoms with E-state index in [-0.39, 0.29) is 5.56 Å². The predicted octanol–water partition coefficient (Wildman–Crippen LogP) is 1.66. The first-order chi connectivity index (χ1) is 9.31. The monoisotopic (exact) mass is 255 g/mol. The van der Waals surface area contributed by atoms with Crippen LogP contribution in [0.15, 0.2) is 41.8 Å². The predicted molar refractivity (Wildman–Crippen MR) is 76.4 cm³/mol. The lowest BCUT2D eigenvalue weighted by Gasteiger charge is -2.13. The molecule has 1 fully saturated rings. The molecule has 1 atom stereocenters. The van der Waals surface area contributed by atoms with Crippen LogP contribution in [0.4, 0.5) is 0 Å². The summed E-state index contributed by atoms with van der Waals surface area (Å²) in [6.07, 6.45) is 4.49. The number of hydrogen-bond acceptors (Lipinski definition) is 3. The van der Waals surface area contributed by atoms with E-state index < -0.39 is 0 Å². The molecule has 0 aromatic carbocycles. The van der Waals surface area contributed by atoms with Crippen molar-refractivity contribution in [2.45, 2.75) is 18.9 Å². The average molecular weight is 255 g/mol. The maximum absolute atomic E-state index is 12.6. The van der Waals surface area contributed by atoms with Crippen molar-refractivity contribution < 1.29 is 0 Å². The van der Waals surface area contributed by atoms with Gasteiger partial charge in [-0.1, -0.05) is 6.08 Å². The summed E-state index contributed by atoms with van der Waals surface area (Å²) in [4.78, 5) is 16.9. The van der Waals surface area contributed by atoms with Crippen molar-refractivity contribution in [1.82, 2.24) is 14.9 Å². The van der Waals surface area contributed by atoms with Gasteiger partial charge in [-0.3, -0.25) is 9.36 Å². The second-order valence-corrected chi connectivity index (χ2v) is 4.91. The molecule has 4 nitrogen and oxygen atoms in total. The van der Waals surface area contributed by atoms with Crippen molar-refractivity contribution in [2.75, 3.05) is 13.1 Å². The molecule has 0 radical (unpaired) electrons. The van der Waals surface area contributed by atoms with Crippen molar-refractivity contribution >= 4 is 11.0 Å². The Labute approximate surface area is 111 Å². The van der Waals surface area contributed by atoms with Crippen LogP contribution in [-0.4, -0.2) is 22.6 Å². The summed E-state index contributed by atoms with van der Waals surface area (Å²) in [5.41, 5.74) is 1.70. The summed E-state index contributed by atoms with van der Waals surface area (Å²) in [6.45, 7) is 6.10. The Kier molecular flexibility index (Phi) is 3.17. The number of allylic oxidation sites excluding steroid dienone is 1. The van der Waals surface area contributed by atoms with E-state index >= 15 is 0 Å². The Hall–Kier alpha value is -1.94. The van der Waals surface area contributed by atoms with Gasteiger partial charge in [0.05, 0.1) is 0 Å². The zero-order valence-corrected chi connectivity index (χ0v) is 10.8. The second-order valence-electron chi connectivity index (χ2n) is 4.91. The minimum Gasteiger partial charge on any atom is -0.316 e. The van der Waals surface area contributed by atoms with Crippen LogP contribution in [0.1, 0.15) is 17.9 Å². The first-order valence-corrected chi connectivity index (χ1v) is 6.61. The molecule has 98 valence electrons. The zero-order valence-electron chi connectivity index (χ0n) is 10.8. The van der Waals surface area contributed by atoms with E-state index in [2.05, 4.69) is 16.9 Å². The molecule has 1 unspecified atom stereocenters. The molecule has 1 aliphatic rings. The molecular formula is C15H17N3O. The highest BCUT2D eigenvalue weighted by Gasteiger charge is 2.21. The van der Waals surface area contributed by atoms with Gasteiger partial charge in [-0.15, -0.1) is 6.58 Å². The normalized spacial score (nSPS) is 18.8. The lowest BCUT2D eigenvalue weighted by molar-refractivity contribution is 0.716. The van der Waals surface area contributed by atoms with Crippen LogP contribution in [0.5, 0.6) is 0 Å². The van der Waals surface area contributed by atoms with E-state index in [0.29, 0.717) is 12.5 Å². The van der Waals surface area contributed by atoms with Crippen LogP contribution in [0.3, 0.4) is 0 Å². The fourth-order valence-corrected chi connectivity index (χ4v) is 2.74. The quantitative estimate of drug-likeness (QED) is 0.848. The molecule has 1 N–H and O–H groups in total. The van der Waals surface area contributed by atoms with Gasteiger partial charge in [-0.05, 0) is 31.2 Å². The van der Waals surface area contributed by atoms with Gasteiger partial charge in [-0.25, -0.2) is 4.98 Å². The van der Waals surface area contributed by atoms with E-state index in [4.69, 9.17) is 0 Å². The Bertz CT molecular complexity index is 669. The molecule has 19 heavy (non-hydrogen) atoms. The number of rotatable bonds is 3. The minimum atomic E-state index is 0.0693. The molecule has 2 aromatic heterocycles. The molecule has 4 heteroatoms. The Morgan fingerprint density at radius 1 is 1.58 bits per heavy atom. The highest BCUT2D eigenvalue weighted by atomic mass is 16.1. The summed E-state index contributed by atoms with van der Waals surface area (Å²) in [6, 6.07) is 5.91. The fourth-order valence-electron chi connectivity index (χ4n) is 2.74. The molecule has 0 bridgehead atoms. The van der Waals surface area contributed by atoms with Gasteiger partial charge in [0.1, 0.15) is 5.65 Å². The zero-order chi connectivity index (χ0) is 13.2. The molecule has 1 aliphatic heterocycles. The molecule has 0 saturated carbocycles. The van der Waals surface area contributed by atoms with Gasteiger partial charge in [0, 0.05) is 36.2 Å². The summed E-state index contributed by atoms with van der Waals surface area (Å²) in [5, 5.41) is 4.33. The molecule has 0 amide bonds. The van der Waals surface area contributed by atoms with Crippen LogP contribution >= 0.6 is 0 Å². The topological polar surface area (TPSA) is 46.9 Å². The van der Waals surface area contributed by atoms with Crippen LogP contribution in [0, 0.1) is 0 Å². The number of aromatic nitrogens is 2. The Morgan fingerprint density at radius 3 is 3.21 bits per heavy atom. The minimum absolute atomic E-state index is 0.0693. The second kappa shape index (κ2) is 4.97. The maximum Gasteiger partial charge on any atom is 0.256 e. The van der Waals surface area contributed by atoms with Crippen LogP contribution in [0.2, 0.25) is 0 Å². The van der Waals surface area contributed by atoms with Crippen molar-refractivity contribution in [3.05, 3.63) is 53.0 Å². The van der Waals surface area contributed by atoms with Gasteiger partial charge in [0.2, 0.25) is 0 Å². The first-order valence-electron chi connectivity index (χ1n) is 6.61. The van der Waals surface area contributed by atoms with Crippen LogP contribution < -0.4 is 10.9 Å². The number of hydrogen-bond donors (Lipinski definition) is 1. The highest BCUT2D eigenvalue weighted by Crippen LogP contribution is 2.22. The standard InChI is InChI=1S/C15H17N3O/c1-2-8-18-14-11(4-3-6-17-14)9-13(15(18)19)12-5-7-16-10-12/h2-4,6,9,12,16H,1,5,7-8,10H2. The van der Waals surface area contributed by atoms with Gasteiger partial charge in [0.25, 0.3) is 5.56 Å². The molecule has 0 spiro atoms. The van der Waals surface area contributed by atoms with E-state index in [0.717, 1.165) is 36.1 Å². The summed E-state index contributed by atoms with van der Waals surface area (Å²) in [5.74, 6) is 0.313. The molecule has 3 rings (SSSR count). The SMILES string of the molecule is C=CCn1c(=O)c(C2CCNC2)cc2cccnc21. The molecular weight excluding hydrogens is 238 g/mol. The third kappa shape index (κ3) is 2.08. The smallest absolute Gasteiger partial charge is 0.256 e. The molecule has 0 aliphatic carbocycles. The summed E-state index contributed by atoms with van der Waals surface area (Å²) < 4.78 is 1.72. The van der Waals surface area contributed by atoms with Crippen molar-refractivity contribution in [1.29, 1.82) is 0 Å². The van der Waals surface area contributed by atoms with Gasteiger partial charge in [-0.2, -0.15) is 0 Å². The highest BCUT2D eigenvalue weighted by molar-refractivity contribution is 5.75. The number of pyridine rings is 2. The summed E-state index contributed by atoms with van der Waals surface area (Å²) >= 11 is 0. The van der Waals surface area contributed by atoms with Gasteiger partial charge >= 0.3 is 0 Å². The largest absolute Gasteiger partial charge is 0.316 e. The number of nitrogens with zero attached hydrogens (tertiary/aromatic N) is 2. The van der Waals surface area contributed by atoms with Crippen LogP contribution in [-0.2, 0) is 6.54 Å². The third-order valence-electron chi connectivity index (χ3n) is 3.69. The first kappa shape index (κ1) is 12.1. The fraction of sp³-hybridized carbons (Fsp3) is 0.333. The van der Waals surface area contributed by atoms with E-state index in [1.807, 2.05) is 18.2 Å². The van der Waals surface area contributed by atoms with Crippen molar-refractivity contribution in [2.24, 2.45) is 0 Å². The molecule has 2 aromatic rings. The van der Waals surface area contributed by atoms with Gasteiger partial charge in [0.15, 0.2) is 0 Å². The van der Waals surface area contributed by atoms with Gasteiger partial charge < -0.3 is 5.32 Å². The van der Waals surface area contributed by atoms with E-state index in [1.165, 1.54) is 0 Å². The lowest BCUT2D eigenvalue weighted by Crippen LogP contribution is -2.26. The third-order valence-corrected chi connectivity index (χ3v) is 3.69. The van der Waals surface area contributed by atoms with Crippen molar-refractivity contribution in [3.63, 3.8) is 0 Å². The maximum atomic E-state index is 12.6. The number of fused-ring (bicyclic) bond motifs is 1. The Morgan fingerprint density at radius 2 is 2.47 bits per heavy atom. The summed E-state index contributed by atoms with van der Waals surface area (Å²) in [7, 11) is 0. The lowest BCUT2D eigenvalue weighted by atomic mass is 9.98. The average Bonchev–Trinajstić information content (AvgIpc) is 2.95. The molecule has 3 heterocycles. The van der Waals surface area contributed by atoms with Crippen LogP contribution in [0.25, 0.3) is 11.0 Å². The van der Waals surface area contributed by atoms with E-state index in [1.54, 1.807) is 16.8 Å².